The topological polar surface area (TPSA) is 98.5 Å². The van der Waals surface area contributed by atoms with Crippen molar-refractivity contribution in [2.75, 3.05) is 6.54 Å². The quantitative estimate of drug-likeness (QED) is 0.286. The monoisotopic (exact) mass is 664 g/mol. The molecule has 4 unspecified atom stereocenters. The maximum absolute atomic E-state index is 14.6. The van der Waals surface area contributed by atoms with Gasteiger partial charge in [0.1, 0.15) is 17.2 Å². The van der Waals surface area contributed by atoms with Crippen molar-refractivity contribution in [3.05, 3.63) is 69.2 Å². The third-order valence-corrected chi connectivity index (χ3v) is 9.55. The largest absolute Gasteiger partial charge is 0.345 e. The molecule has 1 fully saturated rings. The molecule has 1 aliphatic carbocycles. The Balaban J connectivity index is 1.47. The maximum Gasteiger partial charge on any atom is 0.275 e. The normalized spacial score (nSPS) is 25.3. The lowest BCUT2D eigenvalue weighted by Gasteiger charge is -2.47. The number of carbonyl (C=O) groups is 2. The van der Waals surface area contributed by atoms with Gasteiger partial charge in [-0.3, -0.25) is 25.0 Å². The van der Waals surface area contributed by atoms with Crippen LogP contribution in [-0.4, -0.2) is 52.7 Å². The van der Waals surface area contributed by atoms with E-state index in [1.165, 1.54) is 0 Å². The number of hydrazone groups is 1. The number of nitrogens with one attached hydrogen (secondary N) is 2. The van der Waals surface area contributed by atoms with Crippen molar-refractivity contribution in [2.45, 2.75) is 97.8 Å². The highest BCUT2D eigenvalue weighted by molar-refractivity contribution is 6.47. The molecule has 2 aromatic carbocycles. The molecule has 8 nitrogen and oxygen atoms in total. The second-order valence-electron chi connectivity index (χ2n) is 14.5. The predicted molar refractivity (Wildman–Crippen MR) is 188 cm³/mol. The van der Waals surface area contributed by atoms with Crippen molar-refractivity contribution < 1.29 is 9.59 Å². The van der Waals surface area contributed by atoms with Crippen molar-refractivity contribution in [1.82, 2.24) is 15.6 Å². The Labute approximate surface area is 283 Å². The van der Waals surface area contributed by atoms with Crippen LogP contribution in [0.1, 0.15) is 108 Å². The summed E-state index contributed by atoms with van der Waals surface area (Å²) in [4.78, 5) is 39.7. The van der Waals surface area contributed by atoms with Gasteiger partial charge in [0.15, 0.2) is 0 Å². The highest BCUT2D eigenvalue weighted by atomic mass is 35.5. The second kappa shape index (κ2) is 13.9. The van der Waals surface area contributed by atoms with E-state index >= 15 is 0 Å². The van der Waals surface area contributed by atoms with E-state index in [0.717, 1.165) is 44.1 Å². The standard InChI is InChI=1S/C36H46Cl2N6O2/c1-7-29-20-40-43-31(41-29)21-39-33(45)25-10-8-24(9-11-25)30(12-13-35(4,5)6)44-34(46)32(26-15-27(37)17-28(38)16-26)42-36(44)18-22(2)14-23(3)19-36/h8-11,15-17,20,22-23,29-30H,7,12-14,18-19,21H2,1-6H3,(H,39,45)(H,41,43). The smallest absolute Gasteiger partial charge is 0.275 e. The van der Waals surface area contributed by atoms with Crippen LogP contribution in [0.15, 0.2) is 57.6 Å². The SMILES string of the molecule is CCC1C=NNC(CNC(=O)c2ccc(C(CCC(C)(C)C)N3C(=O)C(c4cc(Cl)cc(Cl)c4)=NC34CC(C)CC(C)C4)cc2)=N1. The molecule has 4 atom stereocenters. The van der Waals surface area contributed by atoms with Crippen molar-refractivity contribution in [3.63, 3.8) is 0 Å². The van der Waals surface area contributed by atoms with Crippen LogP contribution < -0.4 is 10.7 Å². The number of hydrogen-bond donors (Lipinski definition) is 2. The van der Waals surface area contributed by atoms with E-state index in [0.29, 0.717) is 44.6 Å². The van der Waals surface area contributed by atoms with Crippen molar-refractivity contribution in [3.8, 4) is 0 Å². The molecule has 2 amide bonds. The number of carbonyl (C=O) groups excluding carboxylic acids is 2. The number of halogens is 2. The minimum Gasteiger partial charge on any atom is -0.345 e. The Morgan fingerprint density at radius 1 is 1.09 bits per heavy atom. The van der Waals surface area contributed by atoms with Crippen LogP contribution in [0.2, 0.25) is 10.0 Å². The minimum atomic E-state index is -0.677. The number of amidine groups is 1. The van der Waals surface area contributed by atoms with E-state index in [1.807, 2.05) is 31.2 Å². The van der Waals surface area contributed by atoms with Gasteiger partial charge in [-0.15, -0.1) is 0 Å². The van der Waals surface area contributed by atoms with Gasteiger partial charge in [0.2, 0.25) is 0 Å². The third kappa shape index (κ3) is 7.83. The Morgan fingerprint density at radius 2 is 1.74 bits per heavy atom. The minimum absolute atomic E-state index is 0.0181. The Hall–Kier alpha value is -3.23. The number of rotatable bonds is 9. The molecule has 1 spiro atoms. The molecule has 2 aromatic rings. The first kappa shape index (κ1) is 34.1. The Bertz CT molecular complexity index is 1510. The number of aliphatic imine (C=N–C) groups is 2. The first-order valence-corrected chi connectivity index (χ1v) is 17.2. The summed E-state index contributed by atoms with van der Waals surface area (Å²) in [6.45, 7) is 13.5. The first-order chi connectivity index (χ1) is 21.8. The summed E-state index contributed by atoms with van der Waals surface area (Å²) >= 11 is 12.8. The molecule has 3 aliphatic rings. The van der Waals surface area contributed by atoms with E-state index in [-0.39, 0.29) is 35.9 Å². The second-order valence-corrected chi connectivity index (χ2v) is 15.4. The van der Waals surface area contributed by atoms with Crippen LogP contribution in [0.3, 0.4) is 0 Å². The molecule has 46 heavy (non-hydrogen) atoms. The summed E-state index contributed by atoms with van der Waals surface area (Å²) in [5, 5.41) is 8.03. The van der Waals surface area contributed by atoms with Gasteiger partial charge in [0.05, 0.1) is 18.6 Å². The molecule has 0 bridgehead atoms. The molecular formula is C36H46Cl2N6O2. The van der Waals surface area contributed by atoms with Crippen LogP contribution in [0.4, 0.5) is 0 Å². The molecule has 0 aromatic heterocycles. The summed E-state index contributed by atoms with van der Waals surface area (Å²) in [5.74, 6) is 1.14. The zero-order valence-corrected chi connectivity index (χ0v) is 29.3. The van der Waals surface area contributed by atoms with E-state index in [2.05, 4.69) is 60.4 Å². The molecule has 2 N–H and O–H groups in total. The number of benzene rings is 2. The van der Waals surface area contributed by atoms with Gasteiger partial charge in [0.25, 0.3) is 11.8 Å². The summed E-state index contributed by atoms with van der Waals surface area (Å²) in [6, 6.07) is 12.7. The molecule has 5 rings (SSSR count). The van der Waals surface area contributed by atoms with Gasteiger partial charge in [-0.25, -0.2) is 0 Å². The molecule has 0 radical (unpaired) electrons. The van der Waals surface area contributed by atoms with Gasteiger partial charge in [-0.05, 0) is 91.7 Å². The van der Waals surface area contributed by atoms with Crippen molar-refractivity contribution >= 4 is 52.8 Å². The molecule has 1 saturated carbocycles. The van der Waals surface area contributed by atoms with Gasteiger partial charge in [-0.1, -0.05) is 76.9 Å². The fourth-order valence-electron chi connectivity index (χ4n) is 7.14. The van der Waals surface area contributed by atoms with E-state index in [1.54, 1.807) is 24.4 Å². The molecule has 2 heterocycles. The van der Waals surface area contributed by atoms with Gasteiger partial charge >= 0.3 is 0 Å². The molecule has 0 saturated heterocycles. The van der Waals surface area contributed by atoms with E-state index in [4.69, 9.17) is 28.2 Å². The number of nitrogens with zero attached hydrogens (tertiary/aromatic N) is 4. The predicted octanol–water partition coefficient (Wildman–Crippen LogP) is 7.84. The molecule has 2 aliphatic heterocycles. The average Bonchev–Trinajstić information content (AvgIpc) is 3.25. The Kier molecular flexibility index (Phi) is 10.3. The lowest BCUT2D eigenvalue weighted by molar-refractivity contribution is -0.134. The average molecular weight is 666 g/mol. The maximum atomic E-state index is 14.6. The summed E-state index contributed by atoms with van der Waals surface area (Å²) in [7, 11) is 0. The fraction of sp³-hybridized carbons (Fsp3) is 0.528. The summed E-state index contributed by atoms with van der Waals surface area (Å²) < 4.78 is 0. The Morgan fingerprint density at radius 3 is 2.35 bits per heavy atom. The van der Waals surface area contributed by atoms with Crippen molar-refractivity contribution in [2.24, 2.45) is 32.3 Å². The van der Waals surface area contributed by atoms with E-state index in [9.17, 15) is 9.59 Å². The van der Waals surface area contributed by atoms with Crippen LogP contribution in [0, 0.1) is 17.3 Å². The third-order valence-electron chi connectivity index (χ3n) is 9.11. The fourth-order valence-corrected chi connectivity index (χ4v) is 7.67. The number of hydrogen-bond acceptors (Lipinski definition) is 6. The zero-order valence-electron chi connectivity index (χ0n) is 27.7. The molecular weight excluding hydrogens is 619 g/mol. The highest BCUT2D eigenvalue weighted by Crippen LogP contribution is 2.49. The van der Waals surface area contributed by atoms with Crippen LogP contribution in [-0.2, 0) is 4.79 Å². The lowest BCUT2D eigenvalue weighted by Crippen LogP contribution is -2.52. The highest BCUT2D eigenvalue weighted by Gasteiger charge is 2.53. The van der Waals surface area contributed by atoms with Crippen LogP contribution >= 0.6 is 23.2 Å². The molecule has 246 valence electrons. The number of amides is 2. The van der Waals surface area contributed by atoms with Gasteiger partial charge < -0.3 is 10.2 Å². The van der Waals surface area contributed by atoms with Crippen LogP contribution in [0.25, 0.3) is 0 Å². The summed E-state index contributed by atoms with van der Waals surface area (Å²) in [5.41, 5.74) is 4.84. The van der Waals surface area contributed by atoms with E-state index < -0.39 is 5.66 Å². The first-order valence-electron chi connectivity index (χ1n) is 16.4. The summed E-state index contributed by atoms with van der Waals surface area (Å²) in [6.07, 6.45) is 6.94. The molecule has 10 heteroatoms. The van der Waals surface area contributed by atoms with Gasteiger partial charge in [-0.2, -0.15) is 5.10 Å². The lowest BCUT2D eigenvalue weighted by atomic mass is 9.75. The van der Waals surface area contributed by atoms with Crippen LogP contribution in [0.5, 0.6) is 0 Å². The van der Waals surface area contributed by atoms with Crippen molar-refractivity contribution in [1.29, 1.82) is 0 Å². The zero-order chi connectivity index (χ0) is 33.2. The van der Waals surface area contributed by atoms with Gasteiger partial charge in [0, 0.05) is 27.4 Å².